The Morgan fingerprint density at radius 2 is 1.62 bits per heavy atom. The van der Waals surface area contributed by atoms with Crippen LogP contribution in [0.25, 0.3) is 0 Å². The molecule has 0 aromatic heterocycles. The van der Waals surface area contributed by atoms with Gasteiger partial charge in [-0.1, -0.05) is 0 Å². The lowest BCUT2D eigenvalue weighted by molar-refractivity contribution is 0.101. The number of nitrogens with one attached hydrogen (secondary N) is 1. The van der Waals surface area contributed by atoms with Crippen LogP contribution in [-0.4, -0.2) is 18.1 Å². The van der Waals surface area contributed by atoms with Gasteiger partial charge >= 0.3 is 6.09 Å². The number of benzene rings is 2. The fourth-order valence-electron chi connectivity index (χ4n) is 1.68. The summed E-state index contributed by atoms with van der Waals surface area (Å²) in [6.45, 7) is 1.49. The summed E-state index contributed by atoms with van der Waals surface area (Å²) in [5, 5.41) is 2.64. The monoisotopic (exact) mass is 301 g/mol. The molecule has 0 spiro atoms. The van der Waals surface area contributed by atoms with Gasteiger partial charge in [0.15, 0.2) is 5.78 Å². The number of hydrogen-bond acceptors (Lipinski definition) is 4. The molecule has 1 N–H and O–H groups in total. The van der Waals surface area contributed by atoms with Crippen LogP contribution < -0.4 is 10.1 Å². The minimum absolute atomic E-state index is 0.0279. The summed E-state index contributed by atoms with van der Waals surface area (Å²) < 4.78 is 5.14. The SMILES string of the molecule is CSc1ccc(NC(=O)Oc2ccc(C(C)=O)cc2)cc1. The van der Waals surface area contributed by atoms with Crippen LogP contribution in [0, 0.1) is 0 Å². The van der Waals surface area contributed by atoms with Crippen LogP contribution in [0.1, 0.15) is 17.3 Å². The average molecular weight is 301 g/mol. The van der Waals surface area contributed by atoms with Gasteiger partial charge in [-0.3, -0.25) is 10.1 Å². The van der Waals surface area contributed by atoms with Gasteiger partial charge in [-0.05, 0) is 61.7 Å². The Kier molecular flexibility index (Phi) is 5.00. The van der Waals surface area contributed by atoms with Gasteiger partial charge < -0.3 is 4.74 Å². The van der Waals surface area contributed by atoms with E-state index < -0.39 is 6.09 Å². The van der Waals surface area contributed by atoms with Gasteiger partial charge in [0.05, 0.1) is 0 Å². The number of carbonyl (C=O) groups is 2. The Morgan fingerprint density at radius 3 is 2.14 bits per heavy atom. The topological polar surface area (TPSA) is 55.4 Å². The maximum atomic E-state index is 11.7. The number of rotatable bonds is 4. The third kappa shape index (κ3) is 4.36. The first-order valence-electron chi connectivity index (χ1n) is 6.32. The normalized spacial score (nSPS) is 10.0. The molecule has 0 atom stereocenters. The molecule has 4 nitrogen and oxygen atoms in total. The van der Waals surface area contributed by atoms with Crippen molar-refractivity contribution >= 4 is 29.3 Å². The molecule has 0 bridgehead atoms. The fraction of sp³-hybridized carbons (Fsp3) is 0.125. The van der Waals surface area contributed by atoms with Crippen LogP contribution in [0.15, 0.2) is 53.4 Å². The predicted molar refractivity (Wildman–Crippen MR) is 84.3 cm³/mol. The molecule has 0 unspecified atom stereocenters. The van der Waals surface area contributed by atoms with Crippen molar-refractivity contribution in [3.8, 4) is 5.75 Å². The molecule has 0 radical (unpaired) electrons. The summed E-state index contributed by atoms with van der Waals surface area (Å²) in [6.07, 6.45) is 1.42. The molecule has 2 rings (SSSR count). The average Bonchev–Trinajstić information content (AvgIpc) is 2.48. The summed E-state index contributed by atoms with van der Waals surface area (Å²) >= 11 is 1.63. The lowest BCUT2D eigenvalue weighted by atomic mass is 10.1. The highest BCUT2D eigenvalue weighted by atomic mass is 32.2. The van der Waals surface area contributed by atoms with Crippen molar-refractivity contribution in [1.29, 1.82) is 0 Å². The zero-order chi connectivity index (χ0) is 15.2. The van der Waals surface area contributed by atoms with Gasteiger partial charge in [-0.25, -0.2) is 4.79 Å². The van der Waals surface area contributed by atoms with E-state index in [-0.39, 0.29) is 5.78 Å². The van der Waals surface area contributed by atoms with Crippen LogP contribution in [-0.2, 0) is 0 Å². The standard InChI is InChI=1S/C16H15NO3S/c1-11(18)12-3-7-14(8-4-12)20-16(19)17-13-5-9-15(21-2)10-6-13/h3-10H,1-2H3,(H,17,19). The van der Waals surface area contributed by atoms with E-state index >= 15 is 0 Å². The first-order chi connectivity index (χ1) is 10.1. The molecular weight excluding hydrogens is 286 g/mol. The minimum atomic E-state index is -0.567. The first kappa shape index (κ1) is 15.1. The van der Waals surface area contributed by atoms with Crippen molar-refractivity contribution in [1.82, 2.24) is 0 Å². The maximum absolute atomic E-state index is 11.7. The van der Waals surface area contributed by atoms with Crippen molar-refractivity contribution in [3.63, 3.8) is 0 Å². The van der Waals surface area contributed by atoms with Gasteiger partial charge in [0.2, 0.25) is 0 Å². The van der Waals surface area contributed by atoms with E-state index in [1.807, 2.05) is 30.5 Å². The molecule has 5 heteroatoms. The van der Waals surface area contributed by atoms with Crippen LogP contribution in [0.4, 0.5) is 10.5 Å². The van der Waals surface area contributed by atoms with Crippen LogP contribution in [0.2, 0.25) is 0 Å². The summed E-state index contributed by atoms with van der Waals surface area (Å²) in [5.41, 5.74) is 1.24. The van der Waals surface area contributed by atoms with Crippen molar-refractivity contribution in [2.24, 2.45) is 0 Å². The van der Waals surface area contributed by atoms with E-state index in [1.165, 1.54) is 6.92 Å². The Balaban J connectivity index is 1.95. The van der Waals surface area contributed by atoms with Gasteiger partial charge in [0, 0.05) is 16.1 Å². The second kappa shape index (κ2) is 6.95. The number of anilines is 1. The molecule has 0 saturated carbocycles. The van der Waals surface area contributed by atoms with Crippen LogP contribution in [0.3, 0.4) is 0 Å². The summed E-state index contributed by atoms with van der Waals surface area (Å²) in [4.78, 5) is 24.0. The lowest BCUT2D eigenvalue weighted by Gasteiger charge is -2.07. The van der Waals surface area contributed by atoms with Crippen molar-refractivity contribution in [2.45, 2.75) is 11.8 Å². The van der Waals surface area contributed by atoms with E-state index in [4.69, 9.17) is 4.74 Å². The Hall–Kier alpha value is -2.27. The lowest BCUT2D eigenvalue weighted by Crippen LogP contribution is -2.16. The first-order valence-corrected chi connectivity index (χ1v) is 7.55. The Labute approximate surface area is 127 Å². The number of ether oxygens (including phenoxy) is 1. The molecule has 0 saturated heterocycles. The zero-order valence-corrected chi connectivity index (χ0v) is 12.6. The molecule has 0 heterocycles. The number of ketones is 1. The Morgan fingerprint density at radius 1 is 1.00 bits per heavy atom. The molecule has 0 fully saturated rings. The molecule has 0 aliphatic heterocycles. The highest BCUT2D eigenvalue weighted by Gasteiger charge is 2.06. The molecule has 0 aliphatic carbocycles. The van der Waals surface area contributed by atoms with E-state index in [2.05, 4.69) is 5.32 Å². The van der Waals surface area contributed by atoms with E-state index in [1.54, 1.807) is 36.0 Å². The molecule has 2 aromatic rings. The molecular formula is C16H15NO3S. The number of amides is 1. The van der Waals surface area contributed by atoms with Crippen LogP contribution in [0.5, 0.6) is 5.75 Å². The second-order valence-electron chi connectivity index (χ2n) is 4.32. The van der Waals surface area contributed by atoms with Gasteiger partial charge in [0.1, 0.15) is 5.75 Å². The molecule has 108 valence electrons. The summed E-state index contributed by atoms with van der Waals surface area (Å²) in [5.74, 6) is 0.359. The fourth-order valence-corrected chi connectivity index (χ4v) is 2.09. The van der Waals surface area contributed by atoms with Gasteiger partial charge in [-0.15, -0.1) is 11.8 Å². The van der Waals surface area contributed by atoms with Crippen molar-refractivity contribution in [3.05, 3.63) is 54.1 Å². The molecule has 21 heavy (non-hydrogen) atoms. The zero-order valence-electron chi connectivity index (χ0n) is 11.8. The minimum Gasteiger partial charge on any atom is -0.410 e. The molecule has 0 aliphatic rings. The molecule has 1 amide bonds. The summed E-state index contributed by atoms with van der Waals surface area (Å²) in [6, 6.07) is 13.9. The Bertz CT molecular complexity index is 636. The van der Waals surface area contributed by atoms with Gasteiger partial charge in [0.25, 0.3) is 0 Å². The highest BCUT2D eigenvalue weighted by molar-refractivity contribution is 7.98. The predicted octanol–water partition coefficient (Wildman–Crippen LogP) is 4.22. The third-order valence-corrected chi connectivity index (χ3v) is 3.55. The smallest absolute Gasteiger partial charge is 0.410 e. The number of Topliss-reactive ketones (excluding diaryl/α,β-unsaturated/α-hetero) is 1. The number of carbonyl (C=O) groups excluding carboxylic acids is 2. The number of hydrogen-bond donors (Lipinski definition) is 1. The van der Waals surface area contributed by atoms with E-state index in [9.17, 15) is 9.59 Å². The quantitative estimate of drug-likeness (QED) is 0.678. The number of thioether (sulfide) groups is 1. The van der Waals surface area contributed by atoms with E-state index in [0.29, 0.717) is 17.0 Å². The van der Waals surface area contributed by atoms with Crippen LogP contribution >= 0.6 is 11.8 Å². The summed E-state index contributed by atoms with van der Waals surface area (Å²) in [7, 11) is 0. The van der Waals surface area contributed by atoms with E-state index in [0.717, 1.165) is 4.90 Å². The van der Waals surface area contributed by atoms with Gasteiger partial charge in [-0.2, -0.15) is 0 Å². The van der Waals surface area contributed by atoms with Crippen molar-refractivity contribution < 1.29 is 14.3 Å². The third-order valence-electron chi connectivity index (χ3n) is 2.81. The maximum Gasteiger partial charge on any atom is 0.417 e. The highest BCUT2D eigenvalue weighted by Crippen LogP contribution is 2.18. The largest absolute Gasteiger partial charge is 0.417 e. The second-order valence-corrected chi connectivity index (χ2v) is 5.20. The van der Waals surface area contributed by atoms with Crippen molar-refractivity contribution in [2.75, 3.05) is 11.6 Å². The molecule has 2 aromatic carbocycles.